The van der Waals surface area contributed by atoms with Crippen molar-refractivity contribution in [1.29, 1.82) is 0 Å². The minimum Gasteiger partial charge on any atom is -0.352 e. The molecular formula is C18H21FN4O. The van der Waals surface area contributed by atoms with E-state index in [9.17, 15) is 9.18 Å². The van der Waals surface area contributed by atoms with Crippen molar-refractivity contribution in [3.63, 3.8) is 0 Å². The van der Waals surface area contributed by atoms with E-state index in [1.807, 2.05) is 31.2 Å². The minimum atomic E-state index is -0.392. The van der Waals surface area contributed by atoms with Gasteiger partial charge in [-0.15, -0.1) is 0 Å². The van der Waals surface area contributed by atoms with Gasteiger partial charge in [-0.1, -0.05) is 30.3 Å². The number of hydrogen-bond acceptors (Lipinski definition) is 2. The third-order valence-electron chi connectivity index (χ3n) is 3.46. The fourth-order valence-corrected chi connectivity index (χ4v) is 2.14. The van der Waals surface area contributed by atoms with Crippen molar-refractivity contribution >= 4 is 17.6 Å². The number of hydrogen-bond donors (Lipinski definition) is 3. The minimum absolute atomic E-state index is 0.0317. The van der Waals surface area contributed by atoms with Crippen LogP contribution >= 0.6 is 0 Å². The maximum atomic E-state index is 13.1. The Kier molecular flexibility index (Phi) is 6.31. The van der Waals surface area contributed by atoms with Crippen LogP contribution in [0.2, 0.25) is 0 Å². The molecule has 3 N–H and O–H groups in total. The van der Waals surface area contributed by atoms with Crippen LogP contribution in [0.4, 0.5) is 10.1 Å². The molecule has 0 aromatic heterocycles. The monoisotopic (exact) mass is 328 g/mol. The number of nitrogens with zero attached hydrogens (tertiary/aromatic N) is 1. The van der Waals surface area contributed by atoms with Crippen LogP contribution in [0.25, 0.3) is 0 Å². The highest BCUT2D eigenvalue weighted by Crippen LogP contribution is 2.08. The summed E-state index contributed by atoms with van der Waals surface area (Å²) in [6.45, 7) is 2.68. The van der Waals surface area contributed by atoms with E-state index in [-0.39, 0.29) is 12.5 Å². The molecule has 1 amide bonds. The summed E-state index contributed by atoms with van der Waals surface area (Å²) in [6, 6.07) is 13.8. The molecule has 0 aliphatic heterocycles. The van der Waals surface area contributed by atoms with Crippen LogP contribution in [0, 0.1) is 12.7 Å². The maximum Gasteiger partial charge on any atom is 0.243 e. The van der Waals surface area contributed by atoms with Crippen LogP contribution in [0.1, 0.15) is 11.1 Å². The SMILES string of the molecule is CN=C(NCC(=O)Nc1cccc(F)c1)NCc1ccccc1C. The van der Waals surface area contributed by atoms with Gasteiger partial charge in [0.15, 0.2) is 5.96 Å². The van der Waals surface area contributed by atoms with Crippen LogP contribution in [0.15, 0.2) is 53.5 Å². The molecule has 2 aromatic rings. The maximum absolute atomic E-state index is 13.1. The summed E-state index contributed by atoms with van der Waals surface area (Å²) in [5, 5.41) is 8.70. The number of nitrogens with one attached hydrogen (secondary N) is 3. The van der Waals surface area contributed by atoms with E-state index in [4.69, 9.17) is 0 Å². The summed E-state index contributed by atoms with van der Waals surface area (Å²) in [5.74, 6) is -0.149. The molecule has 6 heteroatoms. The highest BCUT2D eigenvalue weighted by atomic mass is 19.1. The van der Waals surface area contributed by atoms with Gasteiger partial charge in [-0.2, -0.15) is 0 Å². The molecule has 2 aromatic carbocycles. The fourth-order valence-electron chi connectivity index (χ4n) is 2.14. The highest BCUT2D eigenvalue weighted by Gasteiger charge is 2.05. The standard InChI is InChI=1S/C18H21FN4O/c1-13-6-3-4-7-14(13)11-21-18(20-2)22-12-17(24)23-16-9-5-8-15(19)10-16/h3-10H,11-12H2,1-2H3,(H,23,24)(H2,20,21,22). The Hall–Kier alpha value is -2.89. The third kappa shape index (κ3) is 5.39. The first-order valence-electron chi connectivity index (χ1n) is 7.63. The number of amides is 1. The molecule has 2 rings (SSSR count). The average Bonchev–Trinajstić information content (AvgIpc) is 2.56. The summed E-state index contributed by atoms with van der Waals surface area (Å²) in [5.41, 5.74) is 2.76. The first-order chi connectivity index (χ1) is 11.6. The zero-order valence-corrected chi connectivity index (χ0v) is 13.8. The molecular weight excluding hydrogens is 307 g/mol. The first-order valence-corrected chi connectivity index (χ1v) is 7.63. The Morgan fingerprint density at radius 3 is 2.62 bits per heavy atom. The average molecular weight is 328 g/mol. The molecule has 0 heterocycles. The van der Waals surface area contributed by atoms with Gasteiger partial charge in [0.05, 0.1) is 6.54 Å². The summed E-state index contributed by atoms with van der Waals surface area (Å²) < 4.78 is 13.1. The van der Waals surface area contributed by atoms with E-state index < -0.39 is 5.82 Å². The molecule has 0 unspecified atom stereocenters. The van der Waals surface area contributed by atoms with E-state index in [1.165, 1.54) is 17.7 Å². The number of anilines is 1. The predicted octanol–water partition coefficient (Wildman–Crippen LogP) is 2.44. The molecule has 5 nitrogen and oxygen atoms in total. The molecule has 0 fully saturated rings. The molecule has 0 radical (unpaired) electrons. The van der Waals surface area contributed by atoms with Gasteiger partial charge >= 0.3 is 0 Å². The Morgan fingerprint density at radius 2 is 1.92 bits per heavy atom. The quantitative estimate of drug-likeness (QED) is 0.583. The Bertz CT molecular complexity index is 730. The summed E-state index contributed by atoms with van der Waals surface area (Å²) in [6.07, 6.45) is 0. The Balaban J connectivity index is 1.81. The normalized spacial score (nSPS) is 11.0. The molecule has 0 bridgehead atoms. The molecule has 0 saturated heterocycles. The summed E-state index contributed by atoms with van der Waals surface area (Å²) in [4.78, 5) is 16.0. The number of benzene rings is 2. The van der Waals surface area contributed by atoms with Crippen molar-refractivity contribution in [2.24, 2.45) is 4.99 Å². The van der Waals surface area contributed by atoms with Crippen molar-refractivity contribution < 1.29 is 9.18 Å². The van der Waals surface area contributed by atoms with Crippen LogP contribution in [0.3, 0.4) is 0 Å². The first kappa shape index (κ1) is 17.5. The summed E-state index contributed by atoms with van der Waals surface area (Å²) in [7, 11) is 1.64. The lowest BCUT2D eigenvalue weighted by Crippen LogP contribution is -2.41. The van der Waals surface area contributed by atoms with Gasteiger partial charge < -0.3 is 16.0 Å². The number of carbonyl (C=O) groups is 1. The molecule has 0 spiro atoms. The second-order valence-electron chi connectivity index (χ2n) is 5.26. The van der Waals surface area contributed by atoms with Crippen molar-refractivity contribution in [2.75, 3.05) is 18.9 Å². The number of aliphatic imine (C=N–C) groups is 1. The van der Waals surface area contributed by atoms with Gasteiger partial charge in [0, 0.05) is 19.3 Å². The topological polar surface area (TPSA) is 65.5 Å². The zero-order chi connectivity index (χ0) is 17.4. The molecule has 0 saturated carbocycles. The van der Waals surface area contributed by atoms with Crippen LogP contribution in [-0.2, 0) is 11.3 Å². The largest absolute Gasteiger partial charge is 0.352 e. The van der Waals surface area contributed by atoms with Gasteiger partial charge in [-0.05, 0) is 36.2 Å². The smallest absolute Gasteiger partial charge is 0.243 e. The molecule has 0 aliphatic rings. The van der Waals surface area contributed by atoms with Crippen LogP contribution in [0.5, 0.6) is 0 Å². The van der Waals surface area contributed by atoms with E-state index >= 15 is 0 Å². The predicted molar refractivity (Wildman–Crippen MR) is 94.4 cm³/mol. The van der Waals surface area contributed by atoms with Crippen molar-refractivity contribution in [3.8, 4) is 0 Å². The van der Waals surface area contributed by atoms with Gasteiger partial charge in [-0.25, -0.2) is 4.39 Å². The number of guanidine groups is 1. The van der Waals surface area contributed by atoms with Crippen LogP contribution in [-0.4, -0.2) is 25.5 Å². The lowest BCUT2D eigenvalue weighted by molar-refractivity contribution is -0.115. The number of carbonyl (C=O) groups excluding carboxylic acids is 1. The van der Waals surface area contributed by atoms with Gasteiger partial charge in [-0.3, -0.25) is 9.79 Å². The number of aryl methyl sites for hydroxylation is 1. The summed E-state index contributed by atoms with van der Waals surface area (Å²) >= 11 is 0. The van der Waals surface area contributed by atoms with E-state index in [0.717, 1.165) is 5.56 Å². The molecule has 24 heavy (non-hydrogen) atoms. The third-order valence-corrected chi connectivity index (χ3v) is 3.46. The van der Waals surface area contributed by atoms with Crippen molar-refractivity contribution in [3.05, 3.63) is 65.5 Å². The van der Waals surface area contributed by atoms with Gasteiger partial charge in [0.25, 0.3) is 0 Å². The van der Waals surface area contributed by atoms with Gasteiger partial charge in [0.2, 0.25) is 5.91 Å². The zero-order valence-electron chi connectivity index (χ0n) is 13.8. The van der Waals surface area contributed by atoms with E-state index in [1.54, 1.807) is 19.2 Å². The van der Waals surface area contributed by atoms with Crippen molar-refractivity contribution in [1.82, 2.24) is 10.6 Å². The van der Waals surface area contributed by atoms with E-state index in [2.05, 4.69) is 20.9 Å². The molecule has 0 aliphatic carbocycles. The lowest BCUT2D eigenvalue weighted by Gasteiger charge is -2.13. The van der Waals surface area contributed by atoms with E-state index in [0.29, 0.717) is 18.2 Å². The van der Waals surface area contributed by atoms with Crippen molar-refractivity contribution in [2.45, 2.75) is 13.5 Å². The molecule has 126 valence electrons. The highest BCUT2D eigenvalue weighted by molar-refractivity contribution is 5.94. The Morgan fingerprint density at radius 1 is 1.12 bits per heavy atom. The number of halogens is 1. The lowest BCUT2D eigenvalue weighted by atomic mass is 10.1. The van der Waals surface area contributed by atoms with Crippen LogP contribution < -0.4 is 16.0 Å². The molecule has 0 atom stereocenters. The second-order valence-corrected chi connectivity index (χ2v) is 5.26. The number of rotatable bonds is 5. The second kappa shape index (κ2) is 8.67. The fraction of sp³-hybridized carbons (Fsp3) is 0.222. The Labute approximate surface area is 141 Å². The van der Waals surface area contributed by atoms with Gasteiger partial charge in [0.1, 0.15) is 5.82 Å².